The van der Waals surface area contributed by atoms with Crippen molar-refractivity contribution in [1.82, 2.24) is 4.98 Å². The van der Waals surface area contributed by atoms with Crippen LogP contribution in [0.2, 0.25) is 5.15 Å². The normalized spacial score (nSPS) is 11.4. The summed E-state index contributed by atoms with van der Waals surface area (Å²) in [4.78, 5) is 16.1. The number of aromatic nitrogens is 1. The van der Waals surface area contributed by atoms with E-state index in [9.17, 15) is 18.0 Å². The van der Waals surface area contributed by atoms with Crippen LogP contribution >= 0.6 is 11.6 Å². The minimum Gasteiger partial charge on any atom is -0.406 e. The molecule has 0 atom stereocenters. The van der Waals surface area contributed by atoms with Crippen LogP contribution in [0.1, 0.15) is 15.9 Å². The highest BCUT2D eigenvalue weighted by atomic mass is 35.5. The van der Waals surface area contributed by atoms with E-state index in [1.165, 1.54) is 30.5 Å². The van der Waals surface area contributed by atoms with Gasteiger partial charge in [0.25, 0.3) is 5.91 Å². The molecular weight excluding hydrogens is 373 g/mol. The number of benzene rings is 1. The number of nitrogens with zero attached hydrogens (tertiary/aromatic N) is 1. The monoisotopic (exact) mass is 384 g/mol. The zero-order valence-corrected chi connectivity index (χ0v) is 13.7. The second-order valence-electron chi connectivity index (χ2n) is 4.86. The van der Waals surface area contributed by atoms with Crippen LogP contribution in [0.25, 0.3) is 0 Å². The van der Waals surface area contributed by atoms with Crippen molar-refractivity contribution in [3.8, 4) is 5.75 Å². The van der Waals surface area contributed by atoms with Crippen molar-refractivity contribution in [2.45, 2.75) is 6.36 Å². The Kier molecular flexibility index (Phi) is 5.83. The van der Waals surface area contributed by atoms with Crippen molar-refractivity contribution in [3.05, 3.63) is 65.1 Å². The Balaban J connectivity index is 2.15. The van der Waals surface area contributed by atoms with E-state index in [0.29, 0.717) is 0 Å². The Labute approximate surface area is 150 Å². The Bertz CT molecular complexity index is 852. The van der Waals surface area contributed by atoms with E-state index >= 15 is 0 Å². The number of hydrogen-bond acceptors (Lipinski definition) is 5. The fourth-order valence-corrected chi connectivity index (χ4v) is 2.10. The first-order chi connectivity index (χ1) is 12.2. The van der Waals surface area contributed by atoms with Crippen molar-refractivity contribution >= 4 is 28.9 Å². The molecule has 0 unspecified atom stereocenters. The summed E-state index contributed by atoms with van der Waals surface area (Å²) in [6.45, 7) is 0. The molecule has 1 aromatic carbocycles. The van der Waals surface area contributed by atoms with E-state index in [4.69, 9.17) is 22.7 Å². The first kappa shape index (κ1) is 19.3. The molecule has 1 amide bonds. The number of carbonyl (C=O) groups excluding carboxylic acids is 1. The fourth-order valence-electron chi connectivity index (χ4n) is 1.89. The highest BCUT2D eigenvalue weighted by molar-refractivity contribution is 6.33. The fraction of sp³-hybridized carbons (Fsp3) is 0.0625. The van der Waals surface area contributed by atoms with Gasteiger partial charge in [-0.15, -0.1) is 13.2 Å². The summed E-state index contributed by atoms with van der Waals surface area (Å²) in [5.74, 6) is -0.989. The summed E-state index contributed by atoms with van der Waals surface area (Å²) in [5, 5.41) is 10.3. The van der Waals surface area contributed by atoms with Crippen LogP contribution in [0.3, 0.4) is 0 Å². The smallest absolute Gasteiger partial charge is 0.406 e. The summed E-state index contributed by atoms with van der Waals surface area (Å²) in [7, 11) is 0. The number of rotatable bonds is 5. The van der Waals surface area contributed by atoms with Crippen LogP contribution < -0.4 is 15.8 Å². The van der Waals surface area contributed by atoms with E-state index in [2.05, 4.69) is 15.0 Å². The number of pyridine rings is 1. The molecule has 0 aliphatic carbocycles. The lowest BCUT2D eigenvalue weighted by atomic mass is 10.1. The largest absolute Gasteiger partial charge is 0.573 e. The first-order valence-corrected chi connectivity index (χ1v) is 7.37. The molecule has 4 N–H and O–H groups in total. The SMILES string of the molecule is N=C(C=CN)c1cc(C(=O)Nc2ccc(OC(F)(F)F)cc2)cnc1Cl. The van der Waals surface area contributed by atoms with Crippen molar-refractivity contribution in [1.29, 1.82) is 5.41 Å². The Morgan fingerprint density at radius 1 is 1.31 bits per heavy atom. The molecule has 0 fully saturated rings. The number of amides is 1. The quantitative estimate of drug-likeness (QED) is 0.540. The molecule has 0 saturated heterocycles. The standard InChI is InChI=1S/C16H12ClF3N4O2/c17-14-12(13(22)5-6-21)7-9(8-23-14)15(25)24-10-1-3-11(4-2-10)26-16(18,19)20/h1-8,22H,21H2,(H,24,25). The highest BCUT2D eigenvalue weighted by Crippen LogP contribution is 2.24. The molecule has 6 nitrogen and oxygen atoms in total. The number of ether oxygens (including phenoxy) is 1. The summed E-state index contributed by atoms with van der Waals surface area (Å²) in [6, 6.07) is 5.99. The van der Waals surface area contributed by atoms with E-state index < -0.39 is 18.0 Å². The molecule has 0 aliphatic rings. The molecule has 10 heteroatoms. The number of alkyl halides is 3. The van der Waals surface area contributed by atoms with Gasteiger partial charge in [-0.2, -0.15) is 0 Å². The van der Waals surface area contributed by atoms with Crippen molar-refractivity contribution in [3.63, 3.8) is 0 Å². The molecule has 2 rings (SSSR count). The lowest BCUT2D eigenvalue weighted by Crippen LogP contribution is -2.17. The van der Waals surface area contributed by atoms with Gasteiger partial charge >= 0.3 is 6.36 Å². The summed E-state index contributed by atoms with van der Waals surface area (Å²) < 4.78 is 40.1. The Morgan fingerprint density at radius 3 is 2.54 bits per heavy atom. The predicted octanol–water partition coefficient (Wildman–Crippen LogP) is 3.73. The number of halogens is 4. The average molecular weight is 385 g/mol. The van der Waals surface area contributed by atoms with Gasteiger partial charge in [-0.25, -0.2) is 4.98 Å². The zero-order valence-electron chi connectivity index (χ0n) is 13.0. The van der Waals surface area contributed by atoms with Gasteiger partial charge in [0.15, 0.2) is 0 Å². The Hall–Kier alpha value is -3.07. The van der Waals surface area contributed by atoms with Crippen LogP contribution in [-0.4, -0.2) is 23.0 Å². The molecule has 0 bridgehead atoms. The van der Waals surface area contributed by atoms with Gasteiger partial charge in [-0.3, -0.25) is 4.79 Å². The van der Waals surface area contributed by atoms with Crippen LogP contribution in [0.4, 0.5) is 18.9 Å². The molecule has 26 heavy (non-hydrogen) atoms. The summed E-state index contributed by atoms with van der Waals surface area (Å²) in [6.07, 6.45) is -1.15. The van der Waals surface area contributed by atoms with E-state index in [-0.39, 0.29) is 27.7 Å². The van der Waals surface area contributed by atoms with Crippen LogP contribution in [0.15, 0.2) is 48.8 Å². The summed E-state index contributed by atoms with van der Waals surface area (Å²) >= 11 is 5.90. The zero-order chi connectivity index (χ0) is 19.3. The van der Waals surface area contributed by atoms with Crippen molar-refractivity contribution in [2.75, 3.05) is 5.32 Å². The predicted molar refractivity (Wildman–Crippen MR) is 90.5 cm³/mol. The van der Waals surface area contributed by atoms with Crippen LogP contribution in [-0.2, 0) is 0 Å². The van der Waals surface area contributed by atoms with Crippen molar-refractivity contribution < 1.29 is 22.7 Å². The number of allylic oxidation sites excluding steroid dienone is 1. The minimum atomic E-state index is -4.79. The second-order valence-corrected chi connectivity index (χ2v) is 5.22. The number of nitrogens with two attached hydrogens (primary N) is 1. The van der Waals surface area contributed by atoms with Gasteiger partial charge in [0.05, 0.1) is 11.3 Å². The lowest BCUT2D eigenvalue weighted by molar-refractivity contribution is -0.274. The number of carbonyl (C=O) groups is 1. The third-order valence-electron chi connectivity index (χ3n) is 3.00. The van der Waals surface area contributed by atoms with Gasteiger partial charge in [0, 0.05) is 17.4 Å². The van der Waals surface area contributed by atoms with Crippen LogP contribution in [0.5, 0.6) is 5.75 Å². The third kappa shape index (κ3) is 5.21. The molecule has 136 valence electrons. The van der Waals surface area contributed by atoms with Gasteiger partial charge in [0.1, 0.15) is 10.9 Å². The maximum Gasteiger partial charge on any atom is 0.573 e. The van der Waals surface area contributed by atoms with Gasteiger partial charge in [-0.05, 0) is 42.6 Å². The number of nitrogens with one attached hydrogen (secondary N) is 2. The van der Waals surface area contributed by atoms with Gasteiger partial charge in [-0.1, -0.05) is 11.6 Å². The molecule has 0 spiro atoms. The molecule has 1 aromatic heterocycles. The van der Waals surface area contributed by atoms with Gasteiger partial charge in [0.2, 0.25) is 0 Å². The second kappa shape index (κ2) is 7.87. The maximum atomic E-state index is 12.3. The third-order valence-corrected chi connectivity index (χ3v) is 3.30. The van der Waals surface area contributed by atoms with E-state index in [0.717, 1.165) is 18.3 Å². The molecule has 1 heterocycles. The average Bonchev–Trinajstić information content (AvgIpc) is 2.56. The molecule has 0 aliphatic heterocycles. The van der Waals surface area contributed by atoms with Gasteiger partial charge < -0.3 is 21.2 Å². The lowest BCUT2D eigenvalue weighted by Gasteiger charge is -2.10. The molecular formula is C16H12ClF3N4O2. The summed E-state index contributed by atoms with van der Waals surface area (Å²) in [5.41, 5.74) is 5.75. The molecule has 2 aromatic rings. The first-order valence-electron chi connectivity index (χ1n) is 6.99. The minimum absolute atomic E-state index is 0.0262. The topological polar surface area (TPSA) is 101 Å². The Morgan fingerprint density at radius 2 is 1.96 bits per heavy atom. The number of hydrogen-bond donors (Lipinski definition) is 3. The van der Waals surface area contributed by atoms with E-state index in [1.54, 1.807) is 0 Å². The van der Waals surface area contributed by atoms with Crippen molar-refractivity contribution in [2.24, 2.45) is 5.73 Å². The molecule has 0 radical (unpaired) electrons. The van der Waals surface area contributed by atoms with E-state index in [1.807, 2.05) is 0 Å². The molecule has 0 saturated carbocycles. The van der Waals surface area contributed by atoms with Crippen LogP contribution in [0, 0.1) is 5.41 Å². The number of anilines is 1. The maximum absolute atomic E-state index is 12.3. The highest BCUT2D eigenvalue weighted by Gasteiger charge is 2.30.